The molecule has 3 N–H and O–H groups in total. The van der Waals surface area contributed by atoms with Gasteiger partial charge in [-0.2, -0.15) is 0 Å². The fourth-order valence-corrected chi connectivity index (χ4v) is 2.62. The molecule has 0 spiro atoms. The highest BCUT2D eigenvalue weighted by molar-refractivity contribution is 6.39. The molecule has 0 unspecified atom stereocenters. The lowest BCUT2D eigenvalue weighted by Gasteiger charge is -2.26. The second kappa shape index (κ2) is 7.93. The van der Waals surface area contributed by atoms with E-state index in [9.17, 15) is 19.2 Å². The Morgan fingerprint density at radius 3 is 2.54 bits per heavy atom. The maximum Gasteiger partial charge on any atom is 0.335 e. The Hall–Kier alpha value is -3.65. The van der Waals surface area contributed by atoms with Crippen molar-refractivity contribution in [2.24, 2.45) is 5.73 Å². The quantitative estimate of drug-likeness (QED) is 0.587. The van der Waals surface area contributed by atoms with E-state index in [0.717, 1.165) is 4.90 Å². The minimum Gasteiger partial charge on any atom is -0.484 e. The maximum atomic E-state index is 12.8. The third-order valence-electron chi connectivity index (χ3n) is 3.74. The Kier molecular flexibility index (Phi) is 5.42. The molecule has 9 heteroatoms. The van der Waals surface area contributed by atoms with Gasteiger partial charge in [0.2, 0.25) is 0 Å². The molecule has 1 aliphatic rings. The normalized spacial score (nSPS) is 15.5. The minimum atomic E-state index is -0.854. The van der Waals surface area contributed by atoms with Crippen LogP contribution in [0.25, 0.3) is 6.08 Å². The van der Waals surface area contributed by atoms with E-state index in [0.29, 0.717) is 16.3 Å². The second-order valence-electron chi connectivity index (χ2n) is 5.76. The largest absolute Gasteiger partial charge is 0.484 e. The topological polar surface area (TPSA) is 119 Å². The summed E-state index contributed by atoms with van der Waals surface area (Å²) in [7, 11) is 0. The highest BCUT2D eigenvalue weighted by atomic mass is 35.5. The second-order valence-corrected chi connectivity index (χ2v) is 6.20. The summed E-state index contributed by atoms with van der Waals surface area (Å²) in [6.45, 7) is -0.307. The average Bonchev–Trinajstić information content (AvgIpc) is 2.65. The molecular weight excluding hydrogens is 386 g/mol. The molecule has 28 heavy (non-hydrogen) atoms. The van der Waals surface area contributed by atoms with Crippen LogP contribution in [0.3, 0.4) is 0 Å². The van der Waals surface area contributed by atoms with Crippen LogP contribution in [-0.2, 0) is 14.4 Å². The van der Waals surface area contributed by atoms with Gasteiger partial charge in [-0.3, -0.25) is 19.7 Å². The van der Waals surface area contributed by atoms with Gasteiger partial charge in [0.05, 0.1) is 5.69 Å². The molecule has 0 aliphatic carbocycles. The summed E-state index contributed by atoms with van der Waals surface area (Å²) in [5.74, 6) is -1.90. The predicted octanol–water partition coefficient (Wildman–Crippen LogP) is 1.87. The number of nitrogens with zero attached hydrogens (tertiary/aromatic N) is 1. The number of hydrogen-bond donors (Lipinski definition) is 2. The Morgan fingerprint density at radius 1 is 1.14 bits per heavy atom. The van der Waals surface area contributed by atoms with E-state index >= 15 is 0 Å². The lowest BCUT2D eigenvalue weighted by atomic mass is 10.1. The van der Waals surface area contributed by atoms with Crippen molar-refractivity contribution >= 4 is 47.1 Å². The monoisotopic (exact) mass is 399 g/mol. The number of anilines is 1. The first kappa shape index (κ1) is 19.1. The van der Waals surface area contributed by atoms with Crippen molar-refractivity contribution in [3.8, 4) is 5.75 Å². The van der Waals surface area contributed by atoms with Crippen LogP contribution in [0.15, 0.2) is 54.1 Å². The summed E-state index contributed by atoms with van der Waals surface area (Å²) in [4.78, 5) is 48.8. The van der Waals surface area contributed by atoms with Crippen molar-refractivity contribution in [1.82, 2.24) is 5.32 Å². The Balaban J connectivity index is 1.92. The summed E-state index contributed by atoms with van der Waals surface area (Å²) in [5.41, 5.74) is 5.53. The Labute approximate surface area is 164 Å². The number of barbiturate groups is 1. The van der Waals surface area contributed by atoms with Crippen molar-refractivity contribution in [1.29, 1.82) is 0 Å². The SMILES string of the molecule is NC(=O)COc1cccc(/C=C2/C(=O)NC(=O)N(c3ccc(Cl)cc3)C2=O)c1. The predicted molar refractivity (Wildman–Crippen MR) is 102 cm³/mol. The first-order valence-corrected chi connectivity index (χ1v) is 8.41. The van der Waals surface area contributed by atoms with Crippen molar-refractivity contribution in [2.45, 2.75) is 0 Å². The number of ether oxygens (including phenoxy) is 1. The van der Waals surface area contributed by atoms with E-state index in [2.05, 4.69) is 5.32 Å². The molecule has 1 saturated heterocycles. The molecule has 1 aliphatic heterocycles. The van der Waals surface area contributed by atoms with Gasteiger partial charge in [-0.05, 0) is 48.0 Å². The molecule has 8 nitrogen and oxygen atoms in total. The summed E-state index contributed by atoms with van der Waals surface area (Å²) < 4.78 is 5.20. The van der Waals surface area contributed by atoms with E-state index in [4.69, 9.17) is 22.1 Å². The van der Waals surface area contributed by atoms with Crippen molar-refractivity contribution in [3.63, 3.8) is 0 Å². The lowest BCUT2D eigenvalue weighted by Crippen LogP contribution is -2.54. The van der Waals surface area contributed by atoms with Crippen LogP contribution in [0.1, 0.15) is 5.56 Å². The first-order chi connectivity index (χ1) is 13.3. The average molecular weight is 400 g/mol. The minimum absolute atomic E-state index is 0.235. The Morgan fingerprint density at radius 2 is 1.86 bits per heavy atom. The van der Waals surface area contributed by atoms with Crippen molar-refractivity contribution < 1.29 is 23.9 Å². The molecule has 1 heterocycles. The van der Waals surface area contributed by atoms with E-state index < -0.39 is 23.8 Å². The molecule has 0 bridgehead atoms. The van der Waals surface area contributed by atoms with Gasteiger partial charge in [0.25, 0.3) is 17.7 Å². The van der Waals surface area contributed by atoms with Crippen molar-refractivity contribution in [3.05, 3.63) is 64.7 Å². The van der Waals surface area contributed by atoms with Gasteiger partial charge in [-0.1, -0.05) is 23.7 Å². The number of primary amides is 1. The number of imide groups is 2. The third kappa shape index (κ3) is 4.18. The molecule has 3 rings (SSSR count). The van der Waals surface area contributed by atoms with Crippen LogP contribution in [0.4, 0.5) is 10.5 Å². The Bertz CT molecular complexity index is 1000. The maximum absolute atomic E-state index is 12.8. The fraction of sp³-hybridized carbons (Fsp3) is 0.0526. The number of carbonyl (C=O) groups is 4. The molecule has 0 atom stereocenters. The number of benzene rings is 2. The van der Waals surface area contributed by atoms with E-state index in [-0.39, 0.29) is 17.9 Å². The number of halogens is 1. The number of nitrogens with one attached hydrogen (secondary N) is 1. The number of amides is 5. The van der Waals surface area contributed by atoms with Gasteiger partial charge in [0, 0.05) is 5.02 Å². The summed E-state index contributed by atoms with van der Waals surface area (Å²) >= 11 is 5.83. The molecule has 2 aromatic rings. The smallest absolute Gasteiger partial charge is 0.335 e. The standard InChI is InChI=1S/C19H14ClN3O5/c20-12-4-6-13(7-5-12)23-18(26)15(17(25)22-19(23)27)9-11-2-1-3-14(8-11)28-10-16(21)24/h1-9H,10H2,(H2,21,24)(H,22,25,27)/b15-9-. The molecule has 142 valence electrons. The van der Waals surface area contributed by atoms with Crippen LogP contribution in [0, 0.1) is 0 Å². The molecule has 0 aromatic heterocycles. The number of hydrogen-bond acceptors (Lipinski definition) is 5. The van der Waals surface area contributed by atoms with Crippen LogP contribution >= 0.6 is 11.6 Å². The zero-order valence-corrected chi connectivity index (χ0v) is 15.1. The van der Waals surface area contributed by atoms with Gasteiger partial charge >= 0.3 is 6.03 Å². The summed E-state index contributed by atoms with van der Waals surface area (Å²) in [6.07, 6.45) is 1.32. The molecular formula is C19H14ClN3O5. The first-order valence-electron chi connectivity index (χ1n) is 8.03. The van der Waals surface area contributed by atoms with Gasteiger partial charge < -0.3 is 10.5 Å². The number of nitrogens with two attached hydrogens (primary N) is 1. The molecule has 1 fully saturated rings. The van der Waals surface area contributed by atoms with E-state index in [1.54, 1.807) is 18.2 Å². The zero-order chi connectivity index (χ0) is 20.3. The van der Waals surface area contributed by atoms with E-state index in [1.165, 1.54) is 36.4 Å². The highest BCUT2D eigenvalue weighted by Crippen LogP contribution is 2.24. The summed E-state index contributed by atoms with van der Waals surface area (Å²) in [6, 6.07) is 11.6. The molecule has 5 amide bonds. The lowest BCUT2D eigenvalue weighted by molar-refractivity contribution is -0.123. The highest BCUT2D eigenvalue weighted by Gasteiger charge is 2.36. The van der Waals surface area contributed by atoms with E-state index in [1.807, 2.05) is 0 Å². The zero-order valence-electron chi connectivity index (χ0n) is 14.3. The van der Waals surface area contributed by atoms with Crippen LogP contribution in [-0.4, -0.2) is 30.4 Å². The summed E-state index contributed by atoms with van der Waals surface area (Å²) in [5, 5.41) is 2.57. The molecule has 2 aromatic carbocycles. The van der Waals surface area contributed by atoms with Gasteiger partial charge in [0.1, 0.15) is 11.3 Å². The van der Waals surface area contributed by atoms with Crippen molar-refractivity contribution in [2.75, 3.05) is 11.5 Å². The van der Waals surface area contributed by atoms with Gasteiger partial charge in [0.15, 0.2) is 6.61 Å². The van der Waals surface area contributed by atoms with Crippen LogP contribution in [0.2, 0.25) is 5.02 Å². The molecule has 0 saturated carbocycles. The van der Waals surface area contributed by atoms with Crippen LogP contribution < -0.4 is 20.7 Å². The fourth-order valence-electron chi connectivity index (χ4n) is 2.50. The van der Waals surface area contributed by atoms with Gasteiger partial charge in [-0.15, -0.1) is 0 Å². The molecule has 0 radical (unpaired) electrons. The number of urea groups is 1. The third-order valence-corrected chi connectivity index (χ3v) is 3.99. The van der Waals surface area contributed by atoms with Crippen LogP contribution in [0.5, 0.6) is 5.75 Å². The number of rotatable bonds is 5. The van der Waals surface area contributed by atoms with Gasteiger partial charge in [-0.25, -0.2) is 9.69 Å². The number of carbonyl (C=O) groups excluding carboxylic acids is 4.